The fraction of sp³-hybridized carbons (Fsp3) is 0.533. The number of aryl methyl sites for hydroxylation is 1. The van der Waals surface area contributed by atoms with Gasteiger partial charge in [-0.3, -0.25) is 4.79 Å². The van der Waals surface area contributed by atoms with Gasteiger partial charge in [-0.25, -0.2) is 4.98 Å². The number of amides is 1. The Kier molecular flexibility index (Phi) is 4.57. The predicted octanol–water partition coefficient (Wildman–Crippen LogP) is 2.12. The van der Waals surface area contributed by atoms with Gasteiger partial charge in [0.2, 0.25) is 0 Å². The van der Waals surface area contributed by atoms with Gasteiger partial charge >= 0.3 is 0 Å². The quantitative estimate of drug-likeness (QED) is 0.879. The van der Waals surface area contributed by atoms with E-state index in [2.05, 4.69) is 15.5 Å². The van der Waals surface area contributed by atoms with Crippen LogP contribution >= 0.6 is 0 Å². The van der Waals surface area contributed by atoms with Crippen molar-refractivity contribution in [1.29, 1.82) is 0 Å². The molecular formula is C15H22N4O2. The van der Waals surface area contributed by atoms with E-state index in [0.29, 0.717) is 23.2 Å². The van der Waals surface area contributed by atoms with Gasteiger partial charge in [-0.15, -0.1) is 0 Å². The smallest absolute Gasteiger partial charge is 0.259 e. The minimum absolute atomic E-state index is 0.0614. The van der Waals surface area contributed by atoms with Crippen LogP contribution in [0.1, 0.15) is 54.9 Å². The summed E-state index contributed by atoms with van der Waals surface area (Å²) in [5, 5.41) is 7.64. The van der Waals surface area contributed by atoms with Gasteiger partial charge in [0.1, 0.15) is 0 Å². The first-order chi connectivity index (χ1) is 9.90. The number of hydrogen-bond acceptors (Lipinski definition) is 5. The maximum atomic E-state index is 12.4. The SMILES string of the molecule is Cc1cc(C(=O)NCCC(C)N)c2c(C(C)C)noc2n1. The third-order valence-corrected chi connectivity index (χ3v) is 3.28. The van der Waals surface area contributed by atoms with Crippen molar-refractivity contribution in [2.45, 2.75) is 46.1 Å². The van der Waals surface area contributed by atoms with Crippen LogP contribution in [-0.4, -0.2) is 28.6 Å². The highest BCUT2D eigenvalue weighted by molar-refractivity contribution is 6.06. The molecule has 2 heterocycles. The first-order valence-corrected chi connectivity index (χ1v) is 7.20. The molecule has 21 heavy (non-hydrogen) atoms. The summed E-state index contributed by atoms with van der Waals surface area (Å²) >= 11 is 0. The second-order valence-corrected chi connectivity index (χ2v) is 5.74. The molecular weight excluding hydrogens is 268 g/mol. The zero-order valence-electron chi connectivity index (χ0n) is 12.9. The van der Waals surface area contributed by atoms with E-state index in [0.717, 1.165) is 17.8 Å². The minimum Gasteiger partial charge on any atom is -0.352 e. The molecule has 0 aliphatic rings. The normalized spacial score (nSPS) is 12.9. The summed E-state index contributed by atoms with van der Waals surface area (Å²) < 4.78 is 5.26. The second-order valence-electron chi connectivity index (χ2n) is 5.74. The Morgan fingerprint density at radius 1 is 1.43 bits per heavy atom. The number of fused-ring (bicyclic) bond motifs is 1. The molecule has 3 N–H and O–H groups in total. The van der Waals surface area contributed by atoms with Crippen molar-refractivity contribution in [2.24, 2.45) is 5.73 Å². The fourth-order valence-corrected chi connectivity index (χ4v) is 2.18. The molecule has 1 atom stereocenters. The Balaban J connectivity index is 2.37. The van der Waals surface area contributed by atoms with Crippen LogP contribution in [0.25, 0.3) is 11.1 Å². The van der Waals surface area contributed by atoms with Crippen LogP contribution in [0.3, 0.4) is 0 Å². The van der Waals surface area contributed by atoms with Gasteiger partial charge in [-0.1, -0.05) is 19.0 Å². The van der Waals surface area contributed by atoms with E-state index in [9.17, 15) is 4.79 Å². The van der Waals surface area contributed by atoms with Crippen molar-refractivity contribution in [3.05, 3.63) is 23.0 Å². The average molecular weight is 290 g/mol. The fourth-order valence-electron chi connectivity index (χ4n) is 2.18. The van der Waals surface area contributed by atoms with E-state index in [-0.39, 0.29) is 17.9 Å². The lowest BCUT2D eigenvalue weighted by Gasteiger charge is -2.09. The molecule has 2 rings (SSSR count). The molecule has 0 radical (unpaired) electrons. The van der Waals surface area contributed by atoms with Crippen molar-refractivity contribution >= 4 is 17.0 Å². The van der Waals surface area contributed by atoms with Gasteiger partial charge in [0.25, 0.3) is 11.6 Å². The topological polar surface area (TPSA) is 94.0 Å². The molecule has 0 bridgehead atoms. The molecule has 6 heteroatoms. The van der Waals surface area contributed by atoms with Gasteiger partial charge in [0, 0.05) is 18.3 Å². The Labute approximate surface area is 124 Å². The third-order valence-electron chi connectivity index (χ3n) is 3.28. The largest absolute Gasteiger partial charge is 0.352 e. The molecule has 0 saturated heterocycles. The maximum absolute atomic E-state index is 12.4. The first-order valence-electron chi connectivity index (χ1n) is 7.20. The second kappa shape index (κ2) is 6.22. The molecule has 0 fully saturated rings. The Bertz CT molecular complexity index is 646. The minimum atomic E-state index is -0.142. The van der Waals surface area contributed by atoms with Crippen LogP contribution in [0.15, 0.2) is 10.6 Å². The maximum Gasteiger partial charge on any atom is 0.259 e. The number of nitrogens with zero attached hydrogens (tertiary/aromatic N) is 2. The molecule has 2 aromatic rings. The molecule has 0 aliphatic heterocycles. The number of nitrogens with one attached hydrogen (secondary N) is 1. The van der Waals surface area contributed by atoms with Gasteiger partial charge in [-0.05, 0) is 32.3 Å². The lowest BCUT2D eigenvalue weighted by atomic mass is 10.0. The number of aromatic nitrogens is 2. The summed E-state index contributed by atoms with van der Waals surface area (Å²) in [6.07, 6.45) is 0.736. The van der Waals surface area contributed by atoms with E-state index in [1.165, 1.54) is 0 Å². The number of nitrogens with two attached hydrogens (primary N) is 1. The van der Waals surface area contributed by atoms with Crippen molar-refractivity contribution in [3.8, 4) is 0 Å². The van der Waals surface area contributed by atoms with Crippen LogP contribution in [0.4, 0.5) is 0 Å². The van der Waals surface area contributed by atoms with Crippen molar-refractivity contribution < 1.29 is 9.32 Å². The summed E-state index contributed by atoms with van der Waals surface area (Å²) in [5.74, 6) is 0.0163. The predicted molar refractivity (Wildman–Crippen MR) is 81.2 cm³/mol. The van der Waals surface area contributed by atoms with Gasteiger partial charge < -0.3 is 15.6 Å². The lowest BCUT2D eigenvalue weighted by Crippen LogP contribution is -2.29. The van der Waals surface area contributed by atoms with Crippen molar-refractivity contribution in [2.75, 3.05) is 6.54 Å². The Morgan fingerprint density at radius 2 is 2.14 bits per heavy atom. The third kappa shape index (κ3) is 3.39. The Morgan fingerprint density at radius 3 is 2.76 bits per heavy atom. The van der Waals surface area contributed by atoms with Crippen molar-refractivity contribution in [1.82, 2.24) is 15.5 Å². The number of pyridine rings is 1. The lowest BCUT2D eigenvalue weighted by molar-refractivity contribution is 0.0954. The van der Waals surface area contributed by atoms with E-state index >= 15 is 0 Å². The van der Waals surface area contributed by atoms with E-state index < -0.39 is 0 Å². The highest BCUT2D eigenvalue weighted by Gasteiger charge is 2.21. The summed E-state index contributed by atoms with van der Waals surface area (Å²) in [5.41, 5.74) is 8.16. The summed E-state index contributed by atoms with van der Waals surface area (Å²) in [6, 6.07) is 1.83. The van der Waals surface area contributed by atoms with Crippen molar-refractivity contribution in [3.63, 3.8) is 0 Å². The number of carbonyl (C=O) groups is 1. The molecule has 0 spiro atoms. The van der Waals surface area contributed by atoms with Crippen LogP contribution in [-0.2, 0) is 0 Å². The molecule has 2 aromatic heterocycles. The molecule has 114 valence electrons. The van der Waals surface area contributed by atoms with E-state index in [1.54, 1.807) is 6.07 Å². The van der Waals surface area contributed by atoms with Gasteiger partial charge in [0.15, 0.2) is 0 Å². The standard InChI is InChI=1S/C15H22N4O2/c1-8(2)13-12-11(14(20)17-6-5-9(3)16)7-10(4)18-15(12)21-19-13/h7-9H,5-6,16H2,1-4H3,(H,17,20). The highest BCUT2D eigenvalue weighted by Crippen LogP contribution is 2.27. The number of rotatable bonds is 5. The Hall–Kier alpha value is -1.95. The van der Waals surface area contributed by atoms with Crippen LogP contribution in [0.5, 0.6) is 0 Å². The molecule has 1 amide bonds. The number of hydrogen-bond donors (Lipinski definition) is 2. The first kappa shape index (κ1) is 15.4. The summed E-state index contributed by atoms with van der Waals surface area (Å²) in [6.45, 7) is 8.30. The summed E-state index contributed by atoms with van der Waals surface area (Å²) in [4.78, 5) is 16.7. The van der Waals surface area contributed by atoms with Gasteiger partial charge in [-0.2, -0.15) is 0 Å². The molecule has 0 saturated carbocycles. The van der Waals surface area contributed by atoms with Crippen LogP contribution < -0.4 is 11.1 Å². The molecule has 0 aromatic carbocycles. The molecule has 0 aliphatic carbocycles. The average Bonchev–Trinajstić information content (AvgIpc) is 2.80. The zero-order valence-corrected chi connectivity index (χ0v) is 12.9. The van der Waals surface area contributed by atoms with Crippen LogP contribution in [0, 0.1) is 6.92 Å². The van der Waals surface area contributed by atoms with E-state index in [4.69, 9.17) is 10.3 Å². The number of carbonyl (C=O) groups excluding carboxylic acids is 1. The zero-order chi connectivity index (χ0) is 15.6. The molecule has 6 nitrogen and oxygen atoms in total. The molecule has 1 unspecified atom stereocenters. The van der Waals surface area contributed by atoms with Gasteiger partial charge in [0.05, 0.1) is 16.6 Å². The van der Waals surface area contributed by atoms with Crippen LogP contribution in [0.2, 0.25) is 0 Å². The monoisotopic (exact) mass is 290 g/mol. The highest BCUT2D eigenvalue weighted by atomic mass is 16.5. The van der Waals surface area contributed by atoms with E-state index in [1.807, 2.05) is 27.7 Å². The summed E-state index contributed by atoms with van der Waals surface area (Å²) in [7, 11) is 0.